The summed E-state index contributed by atoms with van der Waals surface area (Å²) in [7, 11) is 0. The van der Waals surface area contributed by atoms with Gasteiger partial charge in [0, 0.05) is 24.4 Å². The summed E-state index contributed by atoms with van der Waals surface area (Å²) in [5.74, 6) is -4.27. The number of hydrogen-bond acceptors (Lipinski definition) is 4. The minimum Gasteiger partial charge on any atom is -0.354 e. The second-order valence-electron chi connectivity index (χ2n) is 9.40. The summed E-state index contributed by atoms with van der Waals surface area (Å²) in [6, 6.07) is 19.4. The van der Waals surface area contributed by atoms with Gasteiger partial charge in [-0.25, -0.2) is 8.78 Å². The van der Waals surface area contributed by atoms with Crippen LogP contribution in [0.5, 0.6) is 0 Å². The zero-order chi connectivity index (χ0) is 26.5. The van der Waals surface area contributed by atoms with E-state index in [0.717, 1.165) is 28.2 Å². The zero-order valence-electron chi connectivity index (χ0n) is 20.4. The smallest absolute Gasteiger partial charge is 0.246 e. The van der Waals surface area contributed by atoms with Crippen LogP contribution in [0.2, 0.25) is 0 Å². The first-order chi connectivity index (χ1) is 17.7. The van der Waals surface area contributed by atoms with Gasteiger partial charge in [0.1, 0.15) is 17.7 Å². The van der Waals surface area contributed by atoms with E-state index in [9.17, 15) is 23.2 Å². The third-order valence-electron chi connectivity index (χ3n) is 6.66. The SMILES string of the molecule is C[C@H](N)C(=O)N(C(=O)Cc1cc(F)cc(F)c1)[C@@H]1C(=O)NC[C@H](c2ccccc2)C[C@@H]1c1ccccc1. The fourth-order valence-corrected chi connectivity index (χ4v) is 4.93. The highest BCUT2D eigenvalue weighted by Crippen LogP contribution is 2.37. The zero-order valence-corrected chi connectivity index (χ0v) is 20.4. The normalized spacial score (nSPS) is 20.4. The van der Waals surface area contributed by atoms with E-state index in [1.54, 1.807) is 0 Å². The first-order valence-corrected chi connectivity index (χ1v) is 12.2. The number of nitrogens with zero attached hydrogens (tertiary/aromatic N) is 1. The predicted octanol–water partition coefficient (Wildman–Crippen LogP) is 3.67. The first-order valence-electron chi connectivity index (χ1n) is 12.2. The topological polar surface area (TPSA) is 92.5 Å². The van der Waals surface area contributed by atoms with E-state index < -0.39 is 53.8 Å². The Morgan fingerprint density at radius 2 is 1.54 bits per heavy atom. The van der Waals surface area contributed by atoms with E-state index in [2.05, 4.69) is 5.32 Å². The highest BCUT2D eigenvalue weighted by Gasteiger charge is 2.44. The largest absolute Gasteiger partial charge is 0.354 e. The lowest BCUT2D eigenvalue weighted by molar-refractivity contribution is -0.153. The van der Waals surface area contributed by atoms with Crippen molar-refractivity contribution in [3.63, 3.8) is 0 Å². The highest BCUT2D eigenvalue weighted by molar-refractivity contribution is 6.03. The standard InChI is InChI=1S/C29H29F2N3O3/c1-18(32)29(37)34(26(35)14-19-12-23(30)16-24(31)13-19)27-25(21-10-6-3-7-11-21)15-22(17-33-28(27)36)20-8-4-2-5-9-20/h2-13,16,18,22,25,27H,14-15,17,32H2,1H3,(H,33,36)/t18-,22+,25+,27-/m0/s1. The molecule has 0 unspecified atom stereocenters. The minimum atomic E-state index is -1.19. The van der Waals surface area contributed by atoms with Gasteiger partial charge in [-0.2, -0.15) is 0 Å². The van der Waals surface area contributed by atoms with Gasteiger partial charge in [0.05, 0.1) is 12.5 Å². The number of imide groups is 1. The Kier molecular flexibility index (Phi) is 8.08. The van der Waals surface area contributed by atoms with Crippen LogP contribution in [-0.4, -0.2) is 41.2 Å². The van der Waals surface area contributed by atoms with E-state index in [-0.39, 0.29) is 11.5 Å². The summed E-state index contributed by atoms with van der Waals surface area (Å²) >= 11 is 0. The molecule has 37 heavy (non-hydrogen) atoms. The Balaban J connectivity index is 1.77. The van der Waals surface area contributed by atoms with Crippen LogP contribution in [0.15, 0.2) is 78.9 Å². The molecule has 1 aliphatic rings. The number of rotatable bonds is 6. The van der Waals surface area contributed by atoms with Crippen LogP contribution in [0.25, 0.3) is 0 Å². The van der Waals surface area contributed by atoms with Crippen LogP contribution in [0.3, 0.4) is 0 Å². The number of halogens is 2. The molecular weight excluding hydrogens is 476 g/mol. The van der Waals surface area contributed by atoms with Crippen LogP contribution in [0.1, 0.15) is 41.9 Å². The van der Waals surface area contributed by atoms with Gasteiger partial charge in [0.2, 0.25) is 17.7 Å². The maximum atomic E-state index is 13.8. The monoisotopic (exact) mass is 505 g/mol. The van der Waals surface area contributed by atoms with Crippen molar-refractivity contribution in [2.75, 3.05) is 6.54 Å². The molecule has 6 nitrogen and oxygen atoms in total. The summed E-state index contributed by atoms with van der Waals surface area (Å²) in [5, 5.41) is 2.91. The van der Waals surface area contributed by atoms with E-state index in [1.165, 1.54) is 6.92 Å². The van der Waals surface area contributed by atoms with Crippen molar-refractivity contribution in [2.45, 2.75) is 43.7 Å². The van der Waals surface area contributed by atoms with E-state index in [1.807, 2.05) is 60.7 Å². The van der Waals surface area contributed by atoms with Crippen molar-refractivity contribution >= 4 is 17.7 Å². The fourth-order valence-electron chi connectivity index (χ4n) is 4.93. The van der Waals surface area contributed by atoms with Crippen LogP contribution in [-0.2, 0) is 20.8 Å². The third kappa shape index (κ3) is 6.09. The van der Waals surface area contributed by atoms with Gasteiger partial charge in [0.25, 0.3) is 0 Å². The lowest BCUT2D eigenvalue weighted by atomic mass is 9.81. The summed E-state index contributed by atoms with van der Waals surface area (Å²) in [4.78, 5) is 41.4. The molecule has 3 amide bonds. The fraction of sp³-hybridized carbons (Fsp3) is 0.276. The number of nitrogens with two attached hydrogens (primary N) is 1. The van der Waals surface area contributed by atoms with Crippen LogP contribution < -0.4 is 11.1 Å². The van der Waals surface area contributed by atoms with Gasteiger partial charge >= 0.3 is 0 Å². The first kappa shape index (κ1) is 26.2. The second-order valence-corrected chi connectivity index (χ2v) is 9.40. The number of amides is 3. The van der Waals surface area contributed by atoms with Gasteiger partial charge in [-0.15, -0.1) is 0 Å². The van der Waals surface area contributed by atoms with Gasteiger partial charge < -0.3 is 11.1 Å². The van der Waals surface area contributed by atoms with Crippen molar-refractivity contribution in [1.29, 1.82) is 0 Å². The average Bonchev–Trinajstić information content (AvgIpc) is 3.04. The summed E-state index contributed by atoms with van der Waals surface area (Å²) in [6.45, 7) is 1.76. The number of nitrogens with one attached hydrogen (secondary N) is 1. The Morgan fingerprint density at radius 3 is 2.11 bits per heavy atom. The lowest BCUT2D eigenvalue weighted by Gasteiger charge is -2.35. The van der Waals surface area contributed by atoms with Crippen molar-refractivity contribution in [1.82, 2.24) is 10.2 Å². The average molecular weight is 506 g/mol. The molecule has 1 aliphatic heterocycles. The molecule has 3 N–H and O–H groups in total. The van der Waals surface area contributed by atoms with E-state index in [4.69, 9.17) is 5.73 Å². The molecule has 4 atom stereocenters. The van der Waals surface area contributed by atoms with Gasteiger partial charge in [0.15, 0.2) is 0 Å². The number of hydrogen-bond donors (Lipinski definition) is 2. The molecule has 3 aromatic rings. The predicted molar refractivity (Wildman–Crippen MR) is 135 cm³/mol. The molecule has 0 saturated carbocycles. The van der Waals surface area contributed by atoms with Crippen molar-refractivity contribution in [3.8, 4) is 0 Å². The molecule has 0 radical (unpaired) electrons. The Labute approximate surface area is 214 Å². The molecule has 0 aromatic heterocycles. The number of benzene rings is 3. The van der Waals surface area contributed by atoms with Gasteiger partial charge in [-0.05, 0) is 42.2 Å². The Bertz CT molecular complexity index is 1250. The van der Waals surface area contributed by atoms with Crippen molar-refractivity contribution in [2.24, 2.45) is 5.73 Å². The van der Waals surface area contributed by atoms with Crippen LogP contribution in [0.4, 0.5) is 8.78 Å². The summed E-state index contributed by atoms with van der Waals surface area (Å²) in [5.41, 5.74) is 7.78. The third-order valence-corrected chi connectivity index (χ3v) is 6.66. The lowest BCUT2D eigenvalue weighted by Crippen LogP contribution is -2.57. The van der Waals surface area contributed by atoms with Crippen LogP contribution >= 0.6 is 0 Å². The molecule has 0 aliphatic carbocycles. The molecule has 4 rings (SSSR count). The maximum Gasteiger partial charge on any atom is 0.246 e. The number of carbonyl (C=O) groups excluding carboxylic acids is 3. The molecule has 0 bridgehead atoms. The Morgan fingerprint density at radius 1 is 0.973 bits per heavy atom. The molecule has 1 heterocycles. The molecular formula is C29H29F2N3O3. The molecule has 0 spiro atoms. The highest BCUT2D eigenvalue weighted by atomic mass is 19.1. The Hall–Kier alpha value is -3.91. The minimum absolute atomic E-state index is 0.0532. The van der Waals surface area contributed by atoms with Gasteiger partial charge in [-0.1, -0.05) is 60.7 Å². The van der Waals surface area contributed by atoms with Crippen molar-refractivity contribution < 1.29 is 23.2 Å². The second kappa shape index (κ2) is 11.4. The quantitative estimate of drug-likeness (QED) is 0.535. The van der Waals surface area contributed by atoms with E-state index in [0.29, 0.717) is 19.0 Å². The molecule has 3 aromatic carbocycles. The van der Waals surface area contributed by atoms with Crippen molar-refractivity contribution in [3.05, 3.63) is 107 Å². The molecule has 8 heteroatoms. The molecule has 1 saturated heterocycles. The van der Waals surface area contributed by atoms with E-state index >= 15 is 0 Å². The van der Waals surface area contributed by atoms with Gasteiger partial charge in [-0.3, -0.25) is 19.3 Å². The number of carbonyl (C=O) groups is 3. The summed E-state index contributed by atoms with van der Waals surface area (Å²) in [6.07, 6.45) is 0.00256. The summed E-state index contributed by atoms with van der Waals surface area (Å²) < 4.78 is 27.6. The maximum absolute atomic E-state index is 13.8. The molecule has 1 fully saturated rings. The molecule has 192 valence electrons. The van der Waals surface area contributed by atoms with Crippen LogP contribution in [0, 0.1) is 11.6 Å².